The van der Waals surface area contributed by atoms with Gasteiger partial charge >= 0.3 is 5.97 Å². The molecule has 0 bridgehead atoms. The highest BCUT2D eigenvalue weighted by Gasteiger charge is 2.23. The summed E-state index contributed by atoms with van der Waals surface area (Å²) in [6.07, 6.45) is 7.77. The third-order valence-electron chi connectivity index (χ3n) is 4.18. The van der Waals surface area contributed by atoms with Crippen LogP contribution in [0.2, 0.25) is 0 Å². The van der Waals surface area contributed by atoms with Crippen LogP contribution in [0.25, 0.3) is 0 Å². The summed E-state index contributed by atoms with van der Waals surface area (Å²) < 4.78 is 5.54. The number of rotatable bonds is 3. The lowest BCUT2D eigenvalue weighted by molar-refractivity contribution is -0.151. The second-order valence-corrected chi connectivity index (χ2v) is 5.77. The molecule has 1 N–H and O–H groups in total. The Kier molecular flexibility index (Phi) is 4.84. The molecule has 0 aromatic carbocycles. The number of carbonyl (C=O) groups excluding carboxylic acids is 1. The first-order chi connectivity index (χ1) is 8.24. The van der Waals surface area contributed by atoms with Crippen LogP contribution in [0.15, 0.2) is 0 Å². The second-order valence-electron chi connectivity index (χ2n) is 5.77. The minimum absolute atomic E-state index is 0.0384. The molecule has 0 amide bonds. The summed E-state index contributed by atoms with van der Waals surface area (Å²) in [6, 6.07) is 0. The minimum Gasteiger partial charge on any atom is -0.462 e. The van der Waals surface area contributed by atoms with Crippen molar-refractivity contribution in [3.63, 3.8) is 0 Å². The van der Waals surface area contributed by atoms with Crippen molar-refractivity contribution in [2.45, 2.75) is 58.0 Å². The van der Waals surface area contributed by atoms with Gasteiger partial charge in [-0.05, 0) is 50.6 Å². The Labute approximate surface area is 104 Å². The zero-order valence-corrected chi connectivity index (χ0v) is 10.9. The number of hydrogen-bond acceptors (Lipinski definition) is 3. The van der Waals surface area contributed by atoms with Gasteiger partial charge in [0.2, 0.25) is 0 Å². The molecule has 0 aromatic heterocycles. The average molecular weight is 239 g/mol. The molecule has 3 nitrogen and oxygen atoms in total. The Hall–Kier alpha value is -0.570. The van der Waals surface area contributed by atoms with Gasteiger partial charge in [0.05, 0.1) is 0 Å². The highest BCUT2D eigenvalue weighted by molar-refractivity contribution is 5.69. The first-order valence-electron chi connectivity index (χ1n) is 7.14. The Morgan fingerprint density at radius 1 is 1.12 bits per heavy atom. The maximum atomic E-state index is 11.8. The van der Waals surface area contributed by atoms with E-state index in [4.69, 9.17) is 4.74 Å². The van der Waals surface area contributed by atoms with E-state index >= 15 is 0 Å². The molecule has 0 aromatic rings. The van der Waals surface area contributed by atoms with E-state index in [-0.39, 0.29) is 12.1 Å². The first-order valence-corrected chi connectivity index (χ1v) is 7.14. The van der Waals surface area contributed by atoms with Gasteiger partial charge in [0.1, 0.15) is 6.10 Å². The summed E-state index contributed by atoms with van der Waals surface area (Å²) in [5.41, 5.74) is 0. The molecule has 17 heavy (non-hydrogen) atoms. The van der Waals surface area contributed by atoms with E-state index in [0.717, 1.165) is 31.8 Å². The van der Waals surface area contributed by atoms with Crippen LogP contribution in [-0.4, -0.2) is 25.2 Å². The van der Waals surface area contributed by atoms with Crippen LogP contribution in [0.3, 0.4) is 0 Å². The summed E-state index contributed by atoms with van der Waals surface area (Å²) in [5.74, 6) is 1.48. The molecule has 98 valence electrons. The quantitative estimate of drug-likeness (QED) is 0.769. The highest BCUT2D eigenvalue weighted by Crippen LogP contribution is 2.30. The van der Waals surface area contributed by atoms with Crippen LogP contribution in [0.1, 0.15) is 51.9 Å². The smallest absolute Gasteiger partial charge is 0.306 e. The normalized spacial score (nSPS) is 31.1. The molecule has 0 radical (unpaired) electrons. The molecule has 1 aliphatic carbocycles. The lowest BCUT2D eigenvalue weighted by Gasteiger charge is -2.27. The van der Waals surface area contributed by atoms with Crippen molar-refractivity contribution in [2.24, 2.45) is 11.8 Å². The van der Waals surface area contributed by atoms with E-state index < -0.39 is 0 Å². The van der Waals surface area contributed by atoms with Crippen molar-refractivity contribution in [1.29, 1.82) is 0 Å². The summed E-state index contributed by atoms with van der Waals surface area (Å²) >= 11 is 0. The predicted octanol–water partition coefficient (Wildman–Crippen LogP) is 2.50. The van der Waals surface area contributed by atoms with Crippen molar-refractivity contribution in [3.05, 3.63) is 0 Å². The van der Waals surface area contributed by atoms with Gasteiger partial charge in [-0.15, -0.1) is 0 Å². The van der Waals surface area contributed by atoms with Crippen LogP contribution >= 0.6 is 0 Å². The van der Waals surface area contributed by atoms with Gasteiger partial charge in [-0.1, -0.05) is 19.8 Å². The monoisotopic (exact) mass is 239 g/mol. The fourth-order valence-corrected chi connectivity index (χ4v) is 2.92. The van der Waals surface area contributed by atoms with Crippen LogP contribution < -0.4 is 5.32 Å². The second kappa shape index (κ2) is 6.39. The SMILES string of the molecule is CC1CCC(CC(=O)OC2CCNCC2)CC1. The van der Waals surface area contributed by atoms with E-state index in [9.17, 15) is 4.79 Å². The summed E-state index contributed by atoms with van der Waals surface area (Å²) in [4.78, 5) is 11.8. The van der Waals surface area contributed by atoms with Crippen molar-refractivity contribution in [2.75, 3.05) is 13.1 Å². The average Bonchev–Trinajstić information content (AvgIpc) is 2.33. The molecule has 1 saturated heterocycles. The van der Waals surface area contributed by atoms with Crippen molar-refractivity contribution in [1.82, 2.24) is 5.32 Å². The standard InChI is InChI=1S/C14H25NO2/c1-11-2-4-12(5-3-11)10-14(16)17-13-6-8-15-9-7-13/h11-13,15H,2-10H2,1H3. The topological polar surface area (TPSA) is 38.3 Å². The molecule has 1 aliphatic heterocycles. The zero-order valence-electron chi connectivity index (χ0n) is 10.9. The third kappa shape index (κ3) is 4.30. The number of nitrogens with one attached hydrogen (secondary N) is 1. The lowest BCUT2D eigenvalue weighted by atomic mass is 9.81. The third-order valence-corrected chi connectivity index (χ3v) is 4.18. The van der Waals surface area contributed by atoms with Gasteiger partial charge < -0.3 is 10.1 Å². The van der Waals surface area contributed by atoms with E-state index in [1.807, 2.05) is 0 Å². The maximum absolute atomic E-state index is 11.8. The van der Waals surface area contributed by atoms with Crippen LogP contribution in [0, 0.1) is 11.8 Å². The predicted molar refractivity (Wildman–Crippen MR) is 67.7 cm³/mol. The van der Waals surface area contributed by atoms with E-state index in [1.165, 1.54) is 25.7 Å². The van der Waals surface area contributed by atoms with Crippen molar-refractivity contribution < 1.29 is 9.53 Å². The lowest BCUT2D eigenvalue weighted by Crippen LogP contribution is -2.34. The van der Waals surface area contributed by atoms with E-state index in [2.05, 4.69) is 12.2 Å². The van der Waals surface area contributed by atoms with Gasteiger partial charge in [0.15, 0.2) is 0 Å². The van der Waals surface area contributed by atoms with Gasteiger partial charge in [-0.3, -0.25) is 4.79 Å². The Morgan fingerprint density at radius 3 is 2.41 bits per heavy atom. The van der Waals surface area contributed by atoms with E-state index in [1.54, 1.807) is 0 Å². The number of hydrogen-bond donors (Lipinski definition) is 1. The number of piperidine rings is 1. The number of esters is 1. The molecule has 0 atom stereocenters. The Bertz CT molecular complexity index is 241. The summed E-state index contributed by atoms with van der Waals surface area (Å²) in [5, 5.41) is 3.28. The fraction of sp³-hybridized carbons (Fsp3) is 0.929. The Balaban J connectivity index is 1.66. The molecule has 2 fully saturated rings. The van der Waals surface area contributed by atoms with Gasteiger partial charge in [-0.25, -0.2) is 0 Å². The summed E-state index contributed by atoms with van der Waals surface area (Å²) in [7, 11) is 0. The largest absolute Gasteiger partial charge is 0.462 e. The molecule has 1 saturated carbocycles. The van der Waals surface area contributed by atoms with Crippen LogP contribution in [0.5, 0.6) is 0 Å². The van der Waals surface area contributed by atoms with E-state index in [0.29, 0.717) is 12.3 Å². The minimum atomic E-state index is 0.0384. The number of carbonyl (C=O) groups is 1. The van der Waals surface area contributed by atoms with Crippen molar-refractivity contribution >= 4 is 5.97 Å². The Morgan fingerprint density at radius 2 is 1.76 bits per heavy atom. The van der Waals surface area contributed by atoms with Crippen LogP contribution in [0.4, 0.5) is 0 Å². The zero-order chi connectivity index (χ0) is 12.1. The summed E-state index contributed by atoms with van der Waals surface area (Å²) in [6.45, 7) is 4.28. The number of ether oxygens (including phenoxy) is 1. The van der Waals surface area contributed by atoms with Gasteiger partial charge in [0.25, 0.3) is 0 Å². The van der Waals surface area contributed by atoms with Gasteiger partial charge in [-0.2, -0.15) is 0 Å². The molecule has 3 heteroatoms. The molecular weight excluding hydrogens is 214 g/mol. The molecule has 2 aliphatic rings. The molecule has 0 unspecified atom stereocenters. The molecule has 1 heterocycles. The molecule has 0 spiro atoms. The van der Waals surface area contributed by atoms with Crippen molar-refractivity contribution in [3.8, 4) is 0 Å². The fourth-order valence-electron chi connectivity index (χ4n) is 2.92. The first kappa shape index (κ1) is 12.9. The maximum Gasteiger partial charge on any atom is 0.306 e. The molecular formula is C14H25NO2. The highest BCUT2D eigenvalue weighted by atomic mass is 16.5. The van der Waals surface area contributed by atoms with Gasteiger partial charge in [0, 0.05) is 6.42 Å². The van der Waals surface area contributed by atoms with Crippen LogP contribution in [-0.2, 0) is 9.53 Å². The molecule has 2 rings (SSSR count).